The number of rotatable bonds is 4. The first-order valence-electron chi connectivity index (χ1n) is 6.44. The Balaban J connectivity index is 1.82. The quantitative estimate of drug-likeness (QED) is 0.803. The number of hydrogen-bond donors (Lipinski definition) is 1. The van der Waals surface area contributed by atoms with Gasteiger partial charge in [0.25, 0.3) is 0 Å². The number of benzene rings is 1. The monoisotopic (exact) mass is 321 g/mol. The second kappa shape index (κ2) is 5.25. The lowest BCUT2D eigenvalue weighted by Crippen LogP contribution is -2.24. The van der Waals surface area contributed by atoms with Gasteiger partial charge in [-0.1, -0.05) is 12.1 Å². The predicted molar refractivity (Wildman–Crippen MR) is 83.0 cm³/mol. The first kappa shape index (κ1) is 14.2. The smallest absolute Gasteiger partial charge is 0.241 e. The molecule has 1 N–H and O–H groups in total. The Morgan fingerprint density at radius 3 is 2.90 bits per heavy atom. The van der Waals surface area contributed by atoms with Crippen LogP contribution in [0.5, 0.6) is 0 Å². The summed E-state index contributed by atoms with van der Waals surface area (Å²) in [7, 11) is -3.53. The molecule has 0 amide bonds. The van der Waals surface area contributed by atoms with Crippen LogP contribution in [0.1, 0.15) is 16.8 Å². The molecular weight excluding hydrogens is 306 g/mol. The summed E-state index contributed by atoms with van der Waals surface area (Å²) in [6.07, 6.45) is 3.73. The van der Waals surface area contributed by atoms with Gasteiger partial charge in [0.1, 0.15) is 0 Å². The van der Waals surface area contributed by atoms with Crippen molar-refractivity contribution in [2.75, 3.05) is 0 Å². The zero-order valence-electron chi connectivity index (χ0n) is 11.7. The number of sulfonamides is 1. The number of fused-ring (bicyclic) bond motifs is 1. The topological polar surface area (TPSA) is 63.5 Å². The molecule has 2 aromatic heterocycles. The maximum absolute atomic E-state index is 12.4. The van der Waals surface area contributed by atoms with Crippen molar-refractivity contribution in [2.24, 2.45) is 0 Å². The summed E-state index contributed by atoms with van der Waals surface area (Å²) in [6, 6.07) is 5.40. The van der Waals surface area contributed by atoms with Gasteiger partial charge in [-0.3, -0.25) is 4.40 Å². The van der Waals surface area contributed by atoms with Gasteiger partial charge in [-0.2, -0.15) is 0 Å². The number of imidazole rings is 1. The number of aromatic nitrogens is 2. The molecule has 0 radical (unpaired) electrons. The van der Waals surface area contributed by atoms with Crippen molar-refractivity contribution in [3.8, 4) is 0 Å². The predicted octanol–water partition coefficient (Wildman–Crippen LogP) is 2.49. The molecule has 3 rings (SSSR count). The van der Waals surface area contributed by atoms with Crippen LogP contribution < -0.4 is 4.72 Å². The van der Waals surface area contributed by atoms with E-state index in [1.165, 1.54) is 11.3 Å². The molecule has 3 aromatic rings. The van der Waals surface area contributed by atoms with E-state index in [2.05, 4.69) is 9.71 Å². The molecule has 1 aromatic carbocycles. The van der Waals surface area contributed by atoms with E-state index >= 15 is 0 Å². The van der Waals surface area contributed by atoms with E-state index in [1.807, 2.05) is 41.2 Å². The molecule has 5 nitrogen and oxygen atoms in total. The molecule has 7 heteroatoms. The minimum absolute atomic E-state index is 0.185. The second-order valence-electron chi connectivity index (χ2n) is 4.92. The van der Waals surface area contributed by atoms with E-state index in [0.29, 0.717) is 10.6 Å². The first-order chi connectivity index (χ1) is 9.95. The van der Waals surface area contributed by atoms with Crippen LogP contribution in [0.25, 0.3) is 4.96 Å². The third kappa shape index (κ3) is 2.85. The fourth-order valence-electron chi connectivity index (χ4n) is 2.10. The summed E-state index contributed by atoms with van der Waals surface area (Å²) >= 11 is 1.52. The molecule has 0 saturated heterocycles. The molecular formula is C14H15N3O2S2. The Hall–Kier alpha value is -1.70. The number of nitrogens with zero attached hydrogens (tertiary/aromatic N) is 2. The Morgan fingerprint density at radius 1 is 1.33 bits per heavy atom. The lowest BCUT2D eigenvalue weighted by atomic mass is 10.2. The normalized spacial score (nSPS) is 12.1. The van der Waals surface area contributed by atoms with Gasteiger partial charge in [-0.25, -0.2) is 18.1 Å². The highest BCUT2D eigenvalue weighted by molar-refractivity contribution is 7.89. The Kier molecular flexibility index (Phi) is 3.56. The Bertz CT molecular complexity index is 865. The number of hydrogen-bond acceptors (Lipinski definition) is 4. The summed E-state index contributed by atoms with van der Waals surface area (Å²) in [5, 5.41) is 1.94. The van der Waals surface area contributed by atoms with E-state index in [1.54, 1.807) is 13.0 Å². The minimum atomic E-state index is -3.53. The molecule has 2 heterocycles. The molecule has 0 bridgehead atoms. The first-order valence-corrected chi connectivity index (χ1v) is 8.80. The van der Waals surface area contributed by atoms with Crippen LogP contribution in [0.4, 0.5) is 0 Å². The van der Waals surface area contributed by atoms with Crippen molar-refractivity contribution in [3.63, 3.8) is 0 Å². The van der Waals surface area contributed by atoms with Gasteiger partial charge >= 0.3 is 0 Å². The van der Waals surface area contributed by atoms with E-state index in [4.69, 9.17) is 0 Å². The summed E-state index contributed by atoms with van der Waals surface area (Å²) < 4.78 is 29.3. The van der Waals surface area contributed by atoms with Gasteiger partial charge in [0.15, 0.2) is 4.96 Å². The Morgan fingerprint density at radius 2 is 2.14 bits per heavy atom. The lowest BCUT2D eigenvalue weighted by Gasteiger charge is -2.09. The van der Waals surface area contributed by atoms with Gasteiger partial charge in [-0.15, -0.1) is 11.3 Å². The van der Waals surface area contributed by atoms with Crippen molar-refractivity contribution >= 4 is 26.3 Å². The van der Waals surface area contributed by atoms with E-state index in [-0.39, 0.29) is 6.54 Å². The molecule has 21 heavy (non-hydrogen) atoms. The molecule has 0 unspecified atom stereocenters. The van der Waals surface area contributed by atoms with Crippen molar-refractivity contribution in [1.82, 2.24) is 14.1 Å². The summed E-state index contributed by atoms with van der Waals surface area (Å²) in [5.41, 5.74) is 2.36. The van der Waals surface area contributed by atoms with Crippen LogP contribution in [0.15, 0.2) is 40.9 Å². The molecule has 110 valence electrons. The molecule has 0 aliphatic rings. The van der Waals surface area contributed by atoms with E-state index in [9.17, 15) is 8.42 Å². The summed E-state index contributed by atoms with van der Waals surface area (Å²) in [5.74, 6) is 0. The summed E-state index contributed by atoms with van der Waals surface area (Å²) in [6.45, 7) is 3.85. The second-order valence-corrected chi connectivity index (χ2v) is 7.53. The number of nitrogens with one attached hydrogen (secondary N) is 1. The standard InChI is InChI=1S/C14H15N3O2S2/c1-10-3-4-11(2)13(7-10)21(18,19)15-8-12-9-17-5-6-20-14(17)16-12/h3-7,9,15H,8H2,1-2H3. The molecule has 0 aliphatic heterocycles. The highest BCUT2D eigenvalue weighted by Gasteiger charge is 2.17. The fourth-order valence-corrected chi connectivity index (χ4v) is 4.15. The van der Waals surface area contributed by atoms with Crippen LogP contribution in [0, 0.1) is 13.8 Å². The number of aryl methyl sites for hydroxylation is 2. The van der Waals surface area contributed by atoms with Crippen LogP contribution >= 0.6 is 11.3 Å². The zero-order chi connectivity index (χ0) is 15.0. The minimum Gasteiger partial charge on any atom is -0.297 e. The van der Waals surface area contributed by atoms with Gasteiger partial charge in [-0.05, 0) is 31.0 Å². The maximum atomic E-state index is 12.4. The third-order valence-electron chi connectivity index (χ3n) is 3.22. The van der Waals surface area contributed by atoms with Crippen LogP contribution in [0.2, 0.25) is 0 Å². The van der Waals surface area contributed by atoms with Crippen molar-refractivity contribution in [2.45, 2.75) is 25.3 Å². The molecule has 0 saturated carbocycles. The SMILES string of the molecule is Cc1ccc(C)c(S(=O)(=O)NCc2cn3ccsc3n2)c1. The number of thiazole rings is 1. The van der Waals surface area contributed by atoms with Gasteiger partial charge in [0, 0.05) is 17.8 Å². The van der Waals surface area contributed by atoms with Crippen molar-refractivity contribution in [1.29, 1.82) is 0 Å². The molecule has 0 aliphatic carbocycles. The highest BCUT2D eigenvalue weighted by atomic mass is 32.2. The van der Waals surface area contributed by atoms with Crippen LogP contribution in [-0.4, -0.2) is 17.8 Å². The molecule has 0 atom stereocenters. The van der Waals surface area contributed by atoms with E-state index in [0.717, 1.165) is 16.1 Å². The average Bonchev–Trinajstić information content (AvgIpc) is 3.00. The van der Waals surface area contributed by atoms with Crippen molar-refractivity contribution in [3.05, 3.63) is 52.8 Å². The average molecular weight is 321 g/mol. The van der Waals surface area contributed by atoms with E-state index < -0.39 is 10.0 Å². The maximum Gasteiger partial charge on any atom is 0.241 e. The van der Waals surface area contributed by atoms with Crippen molar-refractivity contribution < 1.29 is 8.42 Å². The molecule has 0 fully saturated rings. The van der Waals surface area contributed by atoms with Gasteiger partial charge in [0.2, 0.25) is 10.0 Å². The summed E-state index contributed by atoms with van der Waals surface area (Å²) in [4.78, 5) is 5.54. The largest absolute Gasteiger partial charge is 0.297 e. The zero-order valence-corrected chi connectivity index (χ0v) is 13.3. The Labute approximate surface area is 127 Å². The van der Waals surface area contributed by atoms with Crippen LogP contribution in [0.3, 0.4) is 0 Å². The fraction of sp³-hybridized carbons (Fsp3) is 0.214. The molecule has 0 spiro atoms. The lowest BCUT2D eigenvalue weighted by molar-refractivity contribution is 0.580. The van der Waals surface area contributed by atoms with Crippen LogP contribution in [-0.2, 0) is 16.6 Å². The third-order valence-corrected chi connectivity index (χ3v) is 5.53. The highest BCUT2D eigenvalue weighted by Crippen LogP contribution is 2.17. The van der Waals surface area contributed by atoms with Gasteiger partial charge in [0.05, 0.1) is 17.1 Å². The van der Waals surface area contributed by atoms with Gasteiger partial charge < -0.3 is 0 Å².